The van der Waals surface area contributed by atoms with Gasteiger partial charge in [0.1, 0.15) is 17.5 Å². The summed E-state index contributed by atoms with van der Waals surface area (Å²) in [7, 11) is 0. The maximum absolute atomic E-state index is 13.3. The quantitative estimate of drug-likeness (QED) is 0.394. The zero-order valence-corrected chi connectivity index (χ0v) is 18.3. The van der Waals surface area contributed by atoms with Gasteiger partial charge in [-0.05, 0) is 37.8 Å². The zero-order valence-electron chi connectivity index (χ0n) is 18.3. The Balaban J connectivity index is 1.58. The van der Waals surface area contributed by atoms with Gasteiger partial charge in [-0.3, -0.25) is 9.78 Å². The van der Waals surface area contributed by atoms with Crippen molar-refractivity contribution in [1.29, 1.82) is 0 Å². The van der Waals surface area contributed by atoms with Gasteiger partial charge in [0.05, 0.1) is 23.4 Å². The number of pyridine rings is 1. The minimum Gasteiger partial charge on any atom is -0.396 e. The highest BCUT2D eigenvalue weighted by Crippen LogP contribution is 2.32. The minimum absolute atomic E-state index is 0.225. The third kappa shape index (κ3) is 4.19. The van der Waals surface area contributed by atoms with Crippen molar-refractivity contribution in [1.82, 2.24) is 15.0 Å². The highest BCUT2D eigenvalue weighted by Gasteiger charge is 2.41. The lowest BCUT2D eigenvalue weighted by Crippen LogP contribution is -2.37. The van der Waals surface area contributed by atoms with Crippen molar-refractivity contribution in [3.8, 4) is 11.3 Å². The lowest BCUT2D eigenvalue weighted by Gasteiger charge is -2.28. The van der Waals surface area contributed by atoms with Crippen molar-refractivity contribution in [2.24, 2.45) is 5.92 Å². The maximum Gasteiger partial charge on any atom is 0.263 e. The molecule has 5 rings (SSSR count). The largest absolute Gasteiger partial charge is 0.396 e. The molecular formula is C24H29N5O4. The molecule has 0 unspecified atom stereocenters. The number of nitrogens with one attached hydrogen (secondary N) is 2. The van der Waals surface area contributed by atoms with Crippen LogP contribution >= 0.6 is 0 Å². The van der Waals surface area contributed by atoms with Crippen LogP contribution in [-0.2, 0) is 0 Å². The Morgan fingerprint density at radius 2 is 1.82 bits per heavy atom. The Labute approximate surface area is 191 Å². The summed E-state index contributed by atoms with van der Waals surface area (Å²) in [4.78, 5) is 27.7. The second-order valence-corrected chi connectivity index (χ2v) is 8.96. The van der Waals surface area contributed by atoms with Crippen LogP contribution < -0.4 is 15.8 Å². The second-order valence-electron chi connectivity index (χ2n) is 8.96. The third-order valence-corrected chi connectivity index (χ3v) is 6.78. The fourth-order valence-electron chi connectivity index (χ4n) is 4.89. The molecule has 9 nitrogen and oxygen atoms in total. The molecule has 0 bridgehead atoms. The summed E-state index contributed by atoms with van der Waals surface area (Å²) in [5.74, 6) is 0.360. The number of para-hydroxylation sites is 1. The van der Waals surface area contributed by atoms with E-state index in [0.29, 0.717) is 23.9 Å². The second kappa shape index (κ2) is 9.09. The summed E-state index contributed by atoms with van der Waals surface area (Å²) in [6, 6.07) is 10.8. The minimum atomic E-state index is -1.08. The van der Waals surface area contributed by atoms with E-state index in [2.05, 4.69) is 20.2 Å². The number of anilines is 2. The summed E-state index contributed by atoms with van der Waals surface area (Å²) >= 11 is 0. The summed E-state index contributed by atoms with van der Waals surface area (Å²) in [6.45, 7) is 1.40. The van der Waals surface area contributed by atoms with Crippen LogP contribution in [0, 0.1) is 5.92 Å². The zero-order chi connectivity index (χ0) is 22.9. The van der Waals surface area contributed by atoms with Crippen molar-refractivity contribution in [2.75, 3.05) is 29.9 Å². The number of aromatic amines is 1. The fourth-order valence-corrected chi connectivity index (χ4v) is 4.89. The van der Waals surface area contributed by atoms with Crippen molar-refractivity contribution in [3.63, 3.8) is 0 Å². The van der Waals surface area contributed by atoms with Gasteiger partial charge in [0.25, 0.3) is 5.56 Å². The van der Waals surface area contributed by atoms with Gasteiger partial charge in [0, 0.05) is 31.0 Å². The smallest absolute Gasteiger partial charge is 0.263 e. The topological polar surface area (TPSA) is 135 Å². The normalized spacial score (nSPS) is 25.5. The van der Waals surface area contributed by atoms with E-state index in [1.165, 1.54) is 0 Å². The fraction of sp³-hybridized carbons (Fsp3) is 0.458. The van der Waals surface area contributed by atoms with Gasteiger partial charge in [0.15, 0.2) is 0 Å². The molecule has 3 aromatic rings. The van der Waals surface area contributed by atoms with Crippen LogP contribution in [0.1, 0.15) is 25.7 Å². The van der Waals surface area contributed by atoms with Crippen LogP contribution in [-0.4, -0.2) is 68.2 Å². The van der Waals surface area contributed by atoms with E-state index in [9.17, 15) is 20.1 Å². The van der Waals surface area contributed by atoms with Crippen LogP contribution in [0.5, 0.6) is 0 Å². The molecule has 5 N–H and O–H groups in total. The first kappa shape index (κ1) is 21.8. The number of piperidine rings is 1. The number of hydrogen-bond donors (Lipinski definition) is 5. The van der Waals surface area contributed by atoms with E-state index in [1.807, 2.05) is 30.3 Å². The van der Waals surface area contributed by atoms with Crippen molar-refractivity contribution < 1.29 is 15.3 Å². The predicted molar refractivity (Wildman–Crippen MR) is 126 cm³/mol. The lowest BCUT2D eigenvalue weighted by molar-refractivity contribution is 0.00446. The Morgan fingerprint density at radius 1 is 1.03 bits per heavy atom. The van der Waals surface area contributed by atoms with E-state index in [4.69, 9.17) is 4.98 Å². The van der Waals surface area contributed by atoms with Gasteiger partial charge in [-0.25, -0.2) is 4.98 Å². The first-order chi connectivity index (χ1) is 16.0. The molecule has 2 aliphatic rings. The number of hydrogen-bond acceptors (Lipinski definition) is 8. The van der Waals surface area contributed by atoms with Crippen LogP contribution in [0.3, 0.4) is 0 Å². The summed E-state index contributed by atoms with van der Waals surface area (Å²) < 4.78 is 0. The van der Waals surface area contributed by atoms with Crippen molar-refractivity contribution >= 4 is 22.7 Å². The Bertz CT molecular complexity index is 1190. The van der Waals surface area contributed by atoms with Gasteiger partial charge >= 0.3 is 0 Å². The number of rotatable bonds is 5. The number of aliphatic hydroxyl groups excluding tert-OH is 3. The third-order valence-electron chi connectivity index (χ3n) is 6.78. The Morgan fingerprint density at radius 3 is 2.58 bits per heavy atom. The molecule has 0 amide bonds. The van der Waals surface area contributed by atoms with Crippen LogP contribution in [0.4, 0.5) is 11.8 Å². The molecular weight excluding hydrogens is 422 g/mol. The lowest BCUT2D eigenvalue weighted by atomic mass is 10.1. The standard InChI is InChI=1S/C24H29N5O4/c30-13-15-12-18(21(32)20(15)31)26-22-19(17-9-8-14-6-2-3-7-16(14)25-17)23(33)28-24(27-22)29-10-4-1-5-11-29/h2-3,6-9,15,18,20-21,30-32H,1,4-5,10-13H2,(H2,26,27,28,33)/t15-,18-,20-,21+/m1/s1. The predicted octanol–water partition coefficient (Wildman–Crippen LogP) is 1.49. The molecule has 1 saturated heterocycles. The van der Waals surface area contributed by atoms with Crippen LogP contribution in [0.2, 0.25) is 0 Å². The Kier molecular flexibility index (Phi) is 6.01. The summed E-state index contributed by atoms with van der Waals surface area (Å²) in [5, 5.41) is 34.5. The monoisotopic (exact) mass is 451 g/mol. The molecule has 2 fully saturated rings. The molecule has 174 valence electrons. The van der Waals surface area contributed by atoms with E-state index in [1.54, 1.807) is 6.07 Å². The van der Waals surface area contributed by atoms with Gasteiger partial charge in [-0.1, -0.05) is 24.3 Å². The van der Waals surface area contributed by atoms with Gasteiger partial charge in [0.2, 0.25) is 5.95 Å². The first-order valence-corrected chi connectivity index (χ1v) is 11.5. The molecule has 33 heavy (non-hydrogen) atoms. The van der Waals surface area contributed by atoms with Crippen LogP contribution in [0.25, 0.3) is 22.2 Å². The van der Waals surface area contributed by atoms with Gasteiger partial charge < -0.3 is 25.5 Å². The van der Waals surface area contributed by atoms with Gasteiger partial charge in [-0.15, -0.1) is 0 Å². The molecule has 4 atom stereocenters. The molecule has 0 spiro atoms. The molecule has 0 radical (unpaired) electrons. The molecule has 1 aliphatic heterocycles. The number of nitrogens with zero attached hydrogens (tertiary/aromatic N) is 3. The van der Waals surface area contributed by atoms with E-state index in [-0.39, 0.29) is 17.7 Å². The summed E-state index contributed by atoms with van der Waals surface area (Å²) in [6.07, 6.45) is 1.45. The number of fused-ring (bicyclic) bond motifs is 1. The van der Waals surface area contributed by atoms with Crippen molar-refractivity contribution in [3.05, 3.63) is 46.8 Å². The van der Waals surface area contributed by atoms with Crippen LogP contribution in [0.15, 0.2) is 41.2 Å². The Hall–Kier alpha value is -3.01. The maximum atomic E-state index is 13.3. The molecule has 2 aromatic heterocycles. The number of benzene rings is 1. The average molecular weight is 452 g/mol. The number of aliphatic hydroxyl groups is 3. The SMILES string of the molecule is O=c1[nH]c(N2CCCCC2)nc(N[C@@H]2C[C@H](CO)[C@@H](O)[C@H]2O)c1-c1ccc2ccccc2n1. The average Bonchev–Trinajstić information content (AvgIpc) is 3.12. The number of aromatic nitrogens is 3. The molecule has 9 heteroatoms. The van der Waals surface area contributed by atoms with Crippen molar-refractivity contribution in [2.45, 2.75) is 43.9 Å². The molecule has 1 aliphatic carbocycles. The highest BCUT2D eigenvalue weighted by atomic mass is 16.3. The van der Waals surface area contributed by atoms with Gasteiger partial charge in [-0.2, -0.15) is 4.98 Å². The van der Waals surface area contributed by atoms with E-state index >= 15 is 0 Å². The van der Waals surface area contributed by atoms with E-state index < -0.39 is 24.2 Å². The number of H-pyrrole nitrogens is 1. The molecule has 1 aromatic carbocycles. The highest BCUT2D eigenvalue weighted by molar-refractivity contribution is 5.83. The molecule has 1 saturated carbocycles. The summed E-state index contributed by atoms with van der Waals surface area (Å²) in [5.41, 5.74) is 1.21. The molecule has 3 heterocycles. The van der Waals surface area contributed by atoms with E-state index in [0.717, 1.165) is 43.3 Å². The first-order valence-electron chi connectivity index (χ1n) is 11.5.